The van der Waals surface area contributed by atoms with E-state index in [1.807, 2.05) is 31.2 Å². The van der Waals surface area contributed by atoms with Crippen molar-refractivity contribution in [3.63, 3.8) is 0 Å². The normalized spacial score (nSPS) is 13.9. The Balaban J connectivity index is 1.63. The summed E-state index contributed by atoms with van der Waals surface area (Å²) in [6.45, 7) is 3.61. The van der Waals surface area contributed by atoms with Gasteiger partial charge in [0.25, 0.3) is 0 Å². The Labute approximate surface area is 139 Å². The highest BCUT2D eigenvalue weighted by atomic mass is 35.5. The first-order chi connectivity index (χ1) is 11.2. The second kappa shape index (κ2) is 5.70. The quantitative estimate of drug-likeness (QED) is 0.706. The summed E-state index contributed by atoms with van der Waals surface area (Å²) in [7, 11) is 0. The SMILES string of the molecule is Cc1ccc(N2CCc3oc(-c4ccccn4)nc3C2)c(Cl)c1. The largest absolute Gasteiger partial charge is 0.439 e. The van der Waals surface area contributed by atoms with Gasteiger partial charge in [-0.15, -0.1) is 0 Å². The standard InChI is InChI=1S/C18H16ClN3O/c1-12-5-6-16(13(19)10-12)22-9-7-17-15(11-22)21-18(23-17)14-4-2-3-8-20-14/h2-6,8,10H,7,9,11H2,1H3. The molecule has 0 N–H and O–H groups in total. The average molecular weight is 326 g/mol. The average Bonchev–Trinajstić information content (AvgIpc) is 2.99. The van der Waals surface area contributed by atoms with Crippen molar-refractivity contribution in [3.8, 4) is 11.6 Å². The number of aryl methyl sites for hydroxylation is 1. The molecule has 1 aliphatic rings. The van der Waals surface area contributed by atoms with Gasteiger partial charge in [0, 0.05) is 19.2 Å². The van der Waals surface area contributed by atoms with Crippen LogP contribution >= 0.6 is 11.6 Å². The molecule has 0 amide bonds. The summed E-state index contributed by atoms with van der Waals surface area (Å²) >= 11 is 6.40. The zero-order valence-corrected chi connectivity index (χ0v) is 13.5. The molecule has 4 rings (SSSR count). The third-order valence-electron chi connectivity index (χ3n) is 4.06. The van der Waals surface area contributed by atoms with Crippen molar-refractivity contribution in [1.29, 1.82) is 0 Å². The van der Waals surface area contributed by atoms with Crippen LogP contribution in [0.1, 0.15) is 17.0 Å². The van der Waals surface area contributed by atoms with Gasteiger partial charge in [0.1, 0.15) is 17.1 Å². The van der Waals surface area contributed by atoms with E-state index < -0.39 is 0 Å². The number of fused-ring (bicyclic) bond motifs is 1. The van der Waals surface area contributed by atoms with Gasteiger partial charge in [-0.2, -0.15) is 0 Å². The molecule has 0 atom stereocenters. The summed E-state index contributed by atoms with van der Waals surface area (Å²) in [6.07, 6.45) is 2.57. The van der Waals surface area contributed by atoms with Crippen molar-refractivity contribution in [2.45, 2.75) is 19.9 Å². The molecular weight excluding hydrogens is 310 g/mol. The number of benzene rings is 1. The zero-order chi connectivity index (χ0) is 15.8. The maximum Gasteiger partial charge on any atom is 0.245 e. The van der Waals surface area contributed by atoms with Gasteiger partial charge < -0.3 is 9.32 Å². The number of nitrogens with zero attached hydrogens (tertiary/aromatic N) is 3. The molecule has 116 valence electrons. The molecule has 0 radical (unpaired) electrons. The van der Waals surface area contributed by atoms with Crippen molar-refractivity contribution in [2.75, 3.05) is 11.4 Å². The maximum absolute atomic E-state index is 6.40. The Morgan fingerprint density at radius 3 is 2.91 bits per heavy atom. The van der Waals surface area contributed by atoms with E-state index in [4.69, 9.17) is 16.0 Å². The fraction of sp³-hybridized carbons (Fsp3) is 0.222. The van der Waals surface area contributed by atoms with Crippen LogP contribution in [0.25, 0.3) is 11.6 Å². The van der Waals surface area contributed by atoms with E-state index in [1.165, 1.54) is 0 Å². The number of hydrogen-bond acceptors (Lipinski definition) is 4. The maximum atomic E-state index is 6.40. The molecule has 1 aromatic carbocycles. The lowest BCUT2D eigenvalue weighted by Gasteiger charge is -2.28. The fourth-order valence-corrected chi connectivity index (χ4v) is 3.23. The zero-order valence-electron chi connectivity index (χ0n) is 12.8. The van der Waals surface area contributed by atoms with Gasteiger partial charge in [-0.05, 0) is 36.8 Å². The summed E-state index contributed by atoms with van der Waals surface area (Å²) in [5.74, 6) is 1.54. The van der Waals surface area contributed by atoms with Crippen LogP contribution < -0.4 is 4.90 Å². The molecule has 5 heteroatoms. The van der Waals surface area contributed by atoms with Crippen molar-refractivity contribution in [1.82, 2.24) is 9.97 Å². The molecule has 0 spiro atoms. The van der Waals surface area contributed by atoms with E-state index in [0.717, 1.165) is 46.4 Å². The van der Waals surface area contributed by atoms with E-state index in [2.05, 4.69) is 27.0 Å². The summed E-state index contributed by atoms with van der Waals surface area (Å²) in [5.41, 5.74) is 3.94. The lowest BCUT2D eigenvalue weighted by molar-refractivity contribution is 0.498. The predicted octanol–water partition coefficient (Wildman–Crippen LogP) is 4.26. The molecule has 0 saturated carbocycles. The van der Waals surface area contributed by atoms with Crippen LogP contribution in [-0.2, 0) is 13.0 Å². The Morgan fingerprint density at radius 1 is 1.22 bits per heavy atom. The first-order valence-corrected chi connectivity index (χ1v) is 7.99. The minimum Gasteiger partial charge on any atom is -0.439 e. The molecule has 3 aromatic rings. The fourth-order valence-electron chi connectivity index (χ4n) is 2.87. The summed E-state index contributed by atoms with van der Waals surface area (Å²) < 4.78 is 5.89. The van der Waals surface area contributed by atoms with Gasteiger partial charge in [0.2, 0.25) is 5.89 Å². The number of oxazole rings is 1. The summed E-state index contributed by atoms with van der Waals surface area (Å²) in [6, 6.07) is 11.9. The van der Waals surface area contributed by atoms with E-state index in [0.29, 0.717) is 12.4 Å². The van der Waals surface area contributed by atoms with Crippen LogP contribution in [0.3, 0.4) is 0 Å². The summed E-state index contributed by atoms with van der Waals surface area (Å²) in [5, 5.41) is 0.780. The molecule has 3 heterocycles. The number of pyridine rings is 1. The molecule has 1 aliphatic heterocycles. The second-order valence-corrected chi connectivity index (χ2v) is 6.14. The van der Waals surface area contributed by atoms with Crippen LogP contribution in [0.4, 0.5) is 5.69 Å². The number of anilines is 1. The number of rotatable bonds is 2. The van der Waals surface area contributed by atoms with Crippen molar-refractivity contribution in [2.24, 2.45) is 0 Å². The van der Waals surface area contributed by atoms with Gasteiger partial charge in [-0.25, -0.2) is 4.98 Å². The summed E-state index contributed by atoms with van der Waals surface area (Å²) in [4.78, 5) is 11.2. The van der Waals surface area contributed by atoms with E-state index >= 15 is 0 Å². The monoisotopic (exact) mass is 325 g/mol. The lowest BCUT2D eigenvalue weighted by atomic mass is 10.1. The van der Waals surface area contributed by atoms with Gasteiger partial charge in [-0.1, -0.05) is 23.7 Å². The molecule has 4 nitrogen and oxygen atoms in total. The number of halogens is 1. The molecule has 0 saturated heterocycles. The van der Waals surface area contributed by atoms with Crippen molar-refractivity contribution in [3.05, 3.63) is 64.6 Å². The topological polar surface area (TPSA) is 42.2 Å². The van der Waals surface area contributed by atoms with Gasteiger partial charge in [0.15, 0.2) is 0 Å². The number of aromatic nitrogens is 2. The molecule has 0 fully saturated rings. The molecule has 0 bridgehead atoms. The van der Waals surface area contributed by atoms with Gasteiger partial charge in [0.05, 0.1) is 17.3 Å². The van der Waals surface area contributed by atoms with Crippen LogP contribution in [-0.4, -0.2) is 16.5 Å². The Morgan fingerprint density at radius 2 is 2.13 bits per heavy atom. The highest BCUT2D eigenvalue weighted by molar-refractivity contribution is 6.33. The third kappa shape index (κ3) is 2.70. The predicted molar refractivity (Wildman–Crippen MR) is 90.7 cm³/mol. The van der Waals surface area contributed by atoms with Crippen LogP contribution in [0.15, 0.2) is 47.0 Å². The first-order valence-electron chi connectivity index (χ1n) is 7.62. The Kier molecular flexibility index (Phi) is 3.54. The lowest BCUT2D eigenvalue weighted by Crippen LogP contribution is -2.30. The van der Waals surface area contributed by atoms with Crippen molar-refractivity contribution >= 4 is 17.3 Å². The van der Waals surface area contributed by atoms with Crippen LogP contribution in [0, 0.1) is 6.92 Å². The van der Waals surface area contributed by atoms with E-state index in [9.17, 15) is 0 Å². The molecule has 0 aliphatic carbocycles. The third-order valence-corrected chi connectivity index (χ3v) is 4.36. The molecule has 0 unspecified atom stereocenters. The minimum atomic E-state index is 0.590. The Hall–Kier alpha value is -2.33. The van der Waals surface area contributed by atoms with E-state index in [1.54, 1.807) is 6.20 Å². The minimum absolute atomic E-state index is 0.590. The van der Waals surface area contributed by atoms with Crippen LogP contribution in [0.2, 0.25) is 5.02 Å². The van der Waals surface area contributed by atoms with Gasteiger partial charge >= 0.3 is 0 Å². The number of hydrogen-bond donors (Lipinski definition) is 0. The highest BCUT2D eigenvalue weighted by Gasteiger charge is 2.24. The van der Waals surface area contributed by atoms with Crippen LogP contribution in [0.5, 0.6) is 0 Å². The Bertz CT molecular complexity index is 845. The second-order valence-electron chi connectivity index (χ2n) is 5.73. The molecule has 2 aromatic heterocycles. The first kappa shape index (κ1) is 14.3. The smallest absolute Gasteiger partial charge is 0.245 e. The molecule has 23 heavy (non-hydrogen) atoms. The van der Waals surface area contributed by atoms with Gasteiger partial charge in [-0.3, -0.25) is 4.98 Å². The van der Waals surface area contributed by atoms with Crippen molar-refractivity contribution < 1.29 is 4.42 Å². The molecular formula is C18H16ClN3O. The van der Waals surface area contributed by atoms with E-state index in [-0.39, 0.29) is 0 Å². The highest BCUT2D eigenvalue weighted by Crippen LogP contribution is 2.32.